The smallest absolute Gasteiger partial charge is 0.328 e. The lowest BCUT2D eigenvalue weighted by Gasteiger charge is -2.06. The van der Waals surface area contributed by atoms with Gasteiger partial charge < -0.3 is 5.11 Å². The van der Waals surface area contributed by atoms with E-state index in [0.29, 0.717) is 11.5 Å². The fourth-order valence-corrected chi connectivity index (χ4v) is 3.50. The predicted octanol–water partition coefficient (Wildman–Crippen LogP) is 1.65. The SMILES string of the molecule is CCCC1CC1NS(=O)(=O)c1cncc(/C=C/C(=O)O)c1. The summed E-state index contributed by atoms with van der Waals surface area (Å²) in [6.45, 7) is 2.08. The van der Waals surface area contributed by atoms with E-state index in [2.05, 4.69) is 16.6 Å². The van der Waals surface area contributed by atoms with Crippen molar-refractivity contribution in [3.63, 3.8) is 0 Å². The summed E-state index contributed by atoms with van der Waals surface area (Å²) in [7, 11) is -3.60. The molecule has 0 amide bonds. The van der Waals surface area contributed by atoms with Crippen molar-refractivity contribution in [3.8, 4) is 0 Å². The molecule has 0 saturated heterocycles. The van der Waals surface area contributed by atoms with Crippen LogP contribution in [0.15, 0.2) is 29.4 Å². The van der Waals surface area contributed by atoms with Crippen LogP contribution in [0.5, 0.6) is 0 Å². The van der Waals surface area contributed by atoms with Gasteiger partial charge in [-0.25, -0.2) is 17.9 Å². The van der Waals surface area contributed by atoms with Crippen LogP contribution in [0, 0.1) is 5.92 Å². The van der Waals surface area contributed by atoms with E-state index >= 15 is 0 Å². The molecule has 0 bridgehead atoms. The van der Waals surface area contributed by atoms with E-state index in [4.69, 9.17) is 5.11 Å². The number of sulfonamides is 1. The summed E-state index contributed by atoms with van der Waals surface area (Å²) >= 11 is 0. The van der Waals surface area contributed by atoms with Gasteiger partial charge in [0, 0.05) is 24.5 Å². The summed E-state index contributed by atoms with van der Waals surface area (Å²) in [5.74, 6) is -0.672. The number of carbonyl (C=O) groups is 1. The molecule has 0 spiro atoms. The number of nitrogens with one attached hydrogen (secondary N) is 1. The largest absolute Gasteiger partial charge is 0.478 e. The minimum Gasteiger partial charge on any atom is -0.478 e. The van der Waals surface area contributed by atoms with Crippen LogP contribution < -0.4 is 4.72 Å². The van der Waals surface area contributed by atoms with Gasteiger partial charge in [0.15, 0.2) is 0 Å². The topological polar surface area (TPSA) is 96.4 Å². The monoisotopic (exact) mass is 310 g/mol. The van der Waals surface area contributed by atoms with Crippen molar-refractivity contribution in [1.82, 2.24) is 9.71 Å². The minimum absolute atomic E-state index is 0.00756. The van der Waals surface area contributed by atoms with Crippen molar-refractivity contribution in [2.45, 2.75) is 37.1 Å². The number of hydrogen-bond acceptors (Lipinski definition) is 4. The first-order chi connectivity index (χ1) is 9.92. The highest BCUT2D eigenvalue weighted by Gasteiger charge is 2.39. The molecule has 114 valence electrons. The summed E-state index contributed by atoms with van der Waals surface area (Å²) in [6.07, 6.45) is 7.86. The normalized spacial score (nSPS) is 21.6. The molecule has 2 unspecified atom stereocenters. The number of carboxylic acids is 1. The van der Waals surface area contributed by atoms with Gasteiger partial charge in [0.05, 0.1) is 0 Å². The van der Waals surface area contributed by atoms with Crippen molar-refractivity contribution >= 4 is 22.1 Å². The Labute approximate surface area is 124 Å². The highest BCUT2D eigenvalue weighted by Crippen LogP contribution is 2.35. The summed E-state index contributed by atoms with van der Waals surface area (Å²) in [5.41, 5.74) is 0.432. The summed E-state index contributed by atoms with van der Waals surface area (Å²) in [5, 5.41) is 8.57. The predicted molar refractivity (Wildman–Crippen MR) is 78.0 cm³/mol. The lowest BCUT2D eigenvalue weighted by atomic mass is 10.2. The maximum atomic E-state index is 12.2. The number of pyridine rings is 1. The molecule has 1 aromatic rings. The lowest BCUT2D eigenvalue weighted by Crippen LogP contribution is -2.27. The molecule has 21 heavy (non-hydrogen) atoms. The Bertz CT molecular complexity index is 655. The number of carboxylic acid groups (broad SMARTS) is 1. The van der Waals surface area contributed by atoms with E-state index in [-0.39, 0.29) is 10.9 Å². The van der Waals surface area contributed by atoms with Crippen LogP contribution in [0.25, 0.3) is 6.08 Å². The Balaban J connectivity index is 2.10. The molecule has 2 N–H and O–H groups in total. The molecule has 2 rings (SSSR count). The third kappa shape index (κ3) is 4.37. The van der Waals surface area contributed by atoms with Crippen molar-refractivity contribution in [1.29, 1.82) is 0 Å². The quantitative estimate of drug-likeness (QED) is 0.746. The molecule has 1 saturated carbocycles. The molecule has 1 heterocycles. The van der Waals surface area contributed by atoms with Crippen molar-refractivity contribution in [2.75, 3.05) is 0 Å². The Kier molecular flexibility index (Phi) is 4.74. The van der Waals surface area contributed by atoms with E-state index in [1.165, 1.54) is 24.5 Å². The fraction of sp³-hybridized carbons (Fsp3) is 0.429. The van der Waals surface area contributed by atoms with Gasteiger partial charge in [0.2, 0.25) is 10.0 Å². The molecule has 1 aromatic heterocycles. The molecule has 0 radical (unpaired) electrons. The zero-order valence-corrected chi connectivity index (χ0v) is 12.5. The first-order valence-electron chi connectivity index (χ1n) is 6.80. The van der Waals surface area contributed by atoms with Gasteiger partial charge in [-0.1, -0.05) is 13.3 Å². The van der Waals surface area contributed by atoms with Gasteiger partial charge in [0.25, 0.3) is 0 Å². The maximum Gasteiger partial charge on any atom is 0.328 e. The van der Waals surface area contributed by atoms with Gasteiger partial charge in [-0.2, -0.15) is 0 Å². The number of aliphatic carboxylic acids is 1. The van der Waals surface area contributed by atoms with Crippen molar-refractivity contribution in [2.24, 2.45) is 5.92 Å². The molecule has 1 aliphatic rings. The average Bonchev–Trinajstić information content (AvgIpc) is 3.14. The first-order valence-corrected chi connectivity index (χ1v) is 8.29. The van der Waals surface area contributed by atoms with Crippen LogP contribution >= 0.6 is 0 Å². The fourth-order valence-electron chi connectivity index (χ4n) is 2.19. The number of rotatable bonds is 7. The van der Waals surface area contributed by atoms with E-state index in [9.17, 15) is 13.2 Å². The zero-order chi connectivity index (χ0) is 15.5. The molecule has 0 aliphatic heterocycles. The molecule has 1 aliphatic carbocycles. The van der Waals surface area contributed by atoms with Gasteiger partial charge in [-0.3, -0.25) is 4.98 Å². The van der Waals surface area contributed by atoms with Gasteiger partial charge in [-0.05, 0) is 36.5 Å². The first kappa shape index (κ1) is 15.7. The second kappa shape index (κ2) is 6.36. The van der Waals surface area contributed by atoms with Crippen LogP contribution in [0.4, 0.5) is 0 Å². The Morgan fingerprint density at radius 1 is 1.52 bits per heavy atom. The highest BCUT2D eigenvalue weighted by molar-refractivity contribution is 7.89. The standard InChI is InChI=1S/C14H18N2O4S/c1-2-3-11-7-13(11)16-21(19,20)12-6-10(8-15-9-12)4-5-14(17)18/h4-6,8-9,11,13,16H,2-3,7H2,1H3,(H,17,18)/b5-4+. The number of aromatic nitrogens is 1. The molecular formula is C14H18N2O4S. The molecule has 0 aromatic carbocycles. The van der Waals surface area contributed by atoms with Crippen molar-refractivity contribution < 1.29 is 18.3 Å². The van der Waals surface area contributed by atoms with E-state index in [1.807, 2.05) is 0 Å². The maximum absolute atomic E-state index is 12.2. The van der Waals surface area contributed by atoms with Crippen LogP contribution in [-0.2, 0) is 14.8 Å². The second-order valence-corrected chi connectivity index (χ2v) is 6.85. The second-order valence-electron chi connectivity index (χ2n) is 5.14. The number of hydrogen-bond donors (Lipinski definition) is 2. The molecule has 2 atom stereocenters. The Hall–Kier alpha value is -1.73. The third-order valence-electron chi connectivity index (χ3n) is 3.35. The lowest BCUT2D eigenvalue weighted by molar-refractivity contribution is -0.131. The molecule has 6 nitrogen and oxygen atoms in total. The summed E-state index contributed by atoms with van der Waals surface area (Å²) in [4.78, 5) is 14.4. The summed E-state index contributed by atoms with van der Waals surface area (Å²) < 4.78 is 27.1. The highest BCUT2D eigenvalue weighted by atomic mass is 32.2. The van der Waals surface area contributed by atoms with E-state index in [0.717, 1.165) is 25.3 Å². The van der Waals surface area contributed by atoms with Crippen LogP contribution in [0.1, 0.15) is 31.7 Å². The Morgan fingerprint density at radius 3 is 2.95 bits per heavy atom. The van der Waals surface area contributed by atoms with Crippen LogP contribution in [-0.4, -0.2) is 30.5 Å². The Morgan fingerprint density at radius 2 is 2.29 bits per heavy atom. The van der Waals surface area contributed by atoms with E-state index < -0.39 is 16.0 Å². The van der Waals surface area contributed by atoms with Crippen molar-refractivity contribution in [3.05, 3.63) is 30.1 Å². The molecule has 7 heteroatoms. The molecule has 1 fully saturated rings. The van der Waals surface area contributed by atoms with E-state index in [1.54, 1.807) is 0 Å². The average molecular weight is 310 g/mol. The van der Waals surface area contributed by atoms with Gasteiger partial charge in [0.1, 0.15) is 4.90 Å². The van der Waals surface area contributed by atoms with Gasteiger partial charge >= 0.3 is 5.97 Å². The zero-order valence-electron chi connectivity index (χ0n) is 11.7. The minimum atomic E-state index is -3.60. The van der Waals surface area contributed by atoms with Crippen LogP contribution in [0.2, 0.25) is 0 Å². The third-order valence-corrected chi connectivity index (χ3v) is 4.81. The molecular weight excluding hydrogens is 292 g/mol. The van der Waals surface area contributed by atoms with Crippen LogP contribution in [0.3, 0.4) is 0 Å². The van der Waals surface area contributed by atoms with Gasteiger partial charge in [-0.15, -0.1) is 0 Å². The number of nitrogens with zero attached hydrogens (tertiary/aromatic N) is 1. The summed E-state index contributed by atoms with van der Waals surface area (Å²) in [6, 6.07) is 1.42.